The number of aldehydes is 1. The number of hydrogen-bond acceptors (Lipinski definition) is 2. The van der Waals surface area contributed by atoms with Gasteiger partial charge in [-0.05, 0) is 17.7 Å². The van der Waals surface area contributed by atoms with Crippen LogP contribution in [0, 0.1) is 0 Å². The Labute approximate surface area is 111 Å². The Kier molecular flexibility index (Phi) is 4.00. The van der Waals surface area contributed by atoms with E-state index in [-0.39, 0.29) is 0 Å². The molecule has 0 unspecified atom stereocenters. The van der Waals surface area contributed by atoms with Crippen molar-refractivity contribution in [2.75, 3.05) is 7.11 Å². The summed E-state index contributed by atoms with van der Waals surface area (Å²) in [5.74, 6) is 0.596. The first-order valence-corrected chi connectivity index (χ1v) is 5.98. The highest BCUT2D eigenvalue weighted by molar-refractivity contribution is 6.31. The van der Waals surface area contributed by atoms with Crippen LogP contribution in [0.1, 0.15) is 21.5 Å². The standard InChI is InChI=1S/C15H13ClO2/c1-18-15-12(7-11-5-3-2-4-6-11)8-14(16)9-13(15)10-17/h2-6,8-10H,7H2,1H3. The monoisotopic (exact) mass is 260 g/mol. The van der Waals surface area contributed by atoms with Gasteiger partial charge in [-0.1, -0.05) is 41.9 Å². The van der Waals surface area contributed by atoms with Gasteiger partial charge in [0.15, 0.2) is 6.29 Å². The molecule has 0 spiro atoms. The van der Waals surface area contributed by atoms with Crippen LogP contribution >= 0.6 is 11.6 Å². The molecule has 0 saturated heterocycles. The molecule has 0 aliphatic heterocycles. The molecule has 0 heterocycles. The van der Waals surface area contributed by atoms with Crippen LogP contribution in [0.25, 0.3) is 0 Å². The normalized spacial score (nSPS) is 10.1. The Hall–Kier alpha value is -1.80. The smallest absolute Gasteiger partial charge is 0.153 e. The zero-order valence-corrected chi connectivity index (χ0v) is 10.8. The van der Waals surface area contributed by atoms with Gasteiger partial charge in [-0.25, -0.2) is 0 Å². The molecule has 0 aliphatic rings. The van der Waals surface area contributed by atoms with Crippen LogP contribution in [-0.2, 0) is 6.42 Å². The average Bonchev–Trinajstić information content (AvgIpc) is 2.39. The predicted octanol–water partition coefficient (Wildman–Crippen LogP) is 3.75. The molecule has 0 saturated carbocycles. The van der Waals surface area contributed by atoms with Crippen LogP contribution in [-0.4, -0.2) is 13.4 Å². The summed E-state index contributed by atoms with van der Waals surface area (Å²) in [5, 5.41) is 0.545. The zero-order chi connectivity index (χ0) is 13.0. The molecule has 0 fully saturated rings. The molecule has 0 amide bonds. The summed E-state index contributed by atoms with van der Waals surface area (Å²) < 4.78 is 5.30. The summed E-state index contributed by atoms with van der Waals surface area (Å²) in [6.07, 6.45) is 1.45. The molecule has 2 aromatic carbocycles. The lowest BCUT2D eigenvalue weighted by atomic mass is 10.0. The maximum absolute atomic E-state index is 11.0. The molecular formula is C15H13ClO2. The summed E-state index contributed by atoms with van der Waals surface area (Å²) in [6.45, 7) is 0. The second-order valence-electron chi connectivity index (χ2n) is 3.97. The van der Waals surface area contributed by atoms with Crippen LogP contribution < -0.4 is 4.74 Å². The molecule has 2 nitrogen and oxygen atoms in total. The van der Waals surface area contributed by atoms with Crippen LogP contribution in [0.3, 0.4) is 0 Å². The summed E-state index contributed by atoms with van der Waals surface area (Å²) in [6, 6.07) is 13.4. The van der Waals surface area contributed by atoms with Crippen LogP contribution in [0.15, 0.2) is 42.5 Å². The van der Waals surface area contributed by atoms with E-state index >= 15 is 0 Å². The van der Waals surface area contributed by atoms with Crippen molar-refractivity contribution in [2.24, 2.45) is 0 Å². The number of carbonyl (C=O) groups is 1. The van der Waals surface area contributed by atoms with Crippen molar-refractivity contribution in [1.29, 1.82) is 0 Å². The Morgan fingerprint density at radius 3 is 2.56 bits per heavy atom. The number of ether oxygens (including phenoxy) is 1. The minimum atomic E-state index is 0.482. The number of hydrogen-bond donors (Lipinski definition) is 0. The Bertz CT molecular complexity index is 550. The van der Waals surface area contributed by atoms with Gasteiger partial charge < -0.3 is 4.74 Å². The minimum absolute atomic E-state index is 0.482. The third-order valence-corrected chi connectivity index (χ3v) is 2.95. The first-order valence-electron chi connectivity index (χ1n) is 5.60. The quantitative estimate of drug-likeness (QED) is 0.783. The van der Waals surface area contributed by atoms with E-state index in [0.29, 0.717) is 22.8 Å². The SMILES string of the molecule is COc1c(C=O)cc(Cl)cc1Cc1ccccc1. The highest BCUT2D eigenvalue weighted by atomic mass is 35.5. The number of carbonyl (C=O) groups excluding carboxylic acids is 1. The molecule has 0 radical (unpaired) electrons. The third-order valence-electron chi connectivity index (χ3n) is 2.73. The predicted molar refractivity (Wildman–Crippen MR) is 72.6 cm³/mol. The van der Waals surface area contributed by atoms with Crippen molar-refractivity contribution in [3.8, 4) is 5.75 Å². The highest BCUT2D eigenvalue weighted by Crippen LogP contribution is 2.29. The van der Waals surface area contributed by atoms with E-state index < -0.39 is 0 Å². The van der Waals surface area contributed by atoms with E-state index in [1.54, 1.807) is 13.2 Å². The minimum Gasteiger partial charge on any atom is -0.496 e. The van der Waals surface area contributed by atoms with Crippen molar-refractivity contribution < 1.29 is 9.53 Å². The number of halogens is 1. The fourth-order valence-electron chi connectivity index (χ4n) is 1.96. The molecule has 3 heteroatoms. The van der Waals surface area contributed by atoms with Gasteiger partial charge in [0.2, 0.25) is 0 Å². The van der Waals surface area contributed by atoms with Crippen molar-refractivity contribution >= 4 is 17.9 Å². The van der Waals surface area contributed by atoms with E-state index in [4.69, 9.17) is 16.3 Å². The Morgan fingerprint density at radius 2 is 1.94 bits per heavy atom. The molecule has 0 atom stereocenters. The summed E-state index contributed by atoms with van der Waals surface area (Å²) in [7, 11) is 1.56. The van der Waals surface area contributed by atoms with Crippen LogP contribution in [0.2, 0.25) is 5.02 Å². The maximum atomic E-state index is 11.0. The van der Waals surface area contributed by atoms with Gasteiger partial charge >= 0.3 is 0 Å². The van der Waals surface area contributed by atoms with Crippen molar-refractivity contribution in [3.63, 3.8) is 0 Å². The zero-order valence-electron chi connectivity index (χ0n) is 10.0. The second-order valence-corrected chi connectivity index (χ2v) is 4.40. The van der Waals surface area contributed by atoms with Crippen molar-refractivity contribution in [2.45, 2.75) is 6.42 Å². The highest BCUT2D eigenvalue weighted by Gasteiger charge is 2.11. The molecule has 2 rings (SSSR count). The lowest BCUT2D eigenvalue weighted by Gasteiger charge is -2.11. The van der Waals surface area contributed by atoms with Gasteiger partial charge in [0.25, 0.3) is 0 Å². The van der Waals surface area contributed by atoms with Gasteiger partial charge in [-0.2, -0.15) is 0 Å². The van der Waals surface area contributed by atoms with Crippen molar-refractivity contribution in [1.82, 2.24) is 0 Å². The number of rotatable bonds is 4. The molecule has 92 valence electrons. The molecule has 0 bridgehead atoms. The molecule has 0 aliphatic carbocycles. The number of benzene rings is 2. The fourth-order valence-corrected chi connectivity index (χ4v) is 2.21. The van der Waals surface area contributed by atoms with Crippen molar-refractivity contribution in [3.05, 3.63) is 64.2 Å². The molecule has 0 N–H and O–H groups in total. The largest absolute Gasteiger partial charge is 0.496 e. The molecule has 2 aromatic rings. The van der Waals surface area contributed by atoms with Gasteiger partial charge in [0, 0.05) is 17.0 Å². The second kappa shape index (κ2) is 5.69. The van der Waals surface area contributed by atoms with Gasteiger partial charge in [-0.3, -0.25) is 4.79 Å². The molecule has 18 heavy (non-hydrogen) atoms. The fraction of sp³-hybridized carbons (Fsp3) is 0.133. The molecule has 0 aromatic heterocycles. The average molecular weight is 261 g/mol. The van der Waals surface area contributed by atoms with Crippen LogP contribution in [0.4, 0.5) is 0 Å². The third kappa shape index (κ3) is 2.71. The first kappa shape index (κ1) is 12.7. The van der Waals surface area contributed by atoms with Crippen LogP contribution in [0.5, 0.6) is 5.75 Å². The number of methoxy groups -OCH3 is 1. The lowest BCUT2D eigenvalue weighted by Crippen LogP contribution is -1.98. The summed E-state index contributed by atoms with van der Waals surface area (Å²) in [5.41, 5.74) is 2.55. The Morgan fingerprint density at radius 1 is 1.22 bits per heavy atom. The van der Waals surface area contributed by atoms with E-state index in [0.717, 1.165) is 17.4 Å². The molecular weight excluding hydrogens is 248 g/mol. The lowest BCUT2D eigenvalue weighted by molar-refractivity contribution is 0.112. The van der Waals surface area contributed by atoms with E-state index in [1.807, 2.05) is 36.4 Å². The van der Waals surface area contributed by atoms with E-state index in [9.17, 15) is 4.79 Å². The van der Waals surface area contributed by atoms with Gasteiger partial charge in [-0.15, -0.1) is 0 Å². The maximum Gasteiger partial charge on any atom is 0.153 e. The topological polar surface area (TPSA) is 26.3 Å². The first-order chi connectivity index (χ1) is 8.74. The van der Waals surface area contributed by atoms with Gasteiger partial charge in [0.05, 0.1) is 12.7 Å². The Balaban J connectivity index is 2.43. The van der Waals surface area contributed by atoms with E-state index in [1.165, 1.54) is 0 Å². The summed E-state index contributed by atoms with van der Waals surface area (Å²) in [4.78, 5) is 11.0. The van der Waals surface area contributed by atoms with E-state index in [2.05, 4.69) is 0 Å². The van der Waals surface area contributed by atoms with Gasteiger partial charge in [0.1, 0.15) is 5.75 Å². The summed E-state index contributed by atoms with van der Waals surface area (Å²) >= 11 is 6.01.